The van der Waals surface area contributed by atoms with Crippen molar-refractivity contribution in [3.63, 3.8) is 0 Å². The average molecular weight is 297 g/mol. The van der Waals surface area contributed by atoms with E-state index in [-0.39, 0.29) is 0 Å². The van der Waals surface area contributed by atoms with E-state index in [0.717, 1.165) is 10.1 Å². The maximum absolute atomic E-state index is 11.1. The number of aromatic nitrogens is 2. The summed E-state index contributed by atoms with van der Waals surface area (Å²) in [6.07, 6.45) is 1.84. The van der Waals surface area contributed by atoms with E-state index in [1.54, 1.807) is 30.6 Å². The molecule has 0 atom stereocenters. The van der Waals surface area contributed by atoms with Crippen LogP contribution in [0.2, 0.25) is 0 Å². The van der Waals surface area contributed by atoms with Crippen LogP contribution in [0, 0.1) is 6.92 Å². The third kappa shape index (κ3) is 3.10. The van der Waals surface area contributed by atoms with E-state index >= 15 is 0 Å². The summed E-state index contributed by atoms with van der Waals surface area (Å²) in [6.45, 7) is 5.92. The highest BCUT2D eigenvalue weighted by Gasteiger charge is 2.32. The Morgan fingerprint density at radius 1 is 1.53 bits per heavy atom. The van der Waals surface area contributed by atoms with Crippen LogP contribution < -0.4 is 5.32 Å². The number of carboxylic acids is 1. The van der Waals surface area contributed by atoms with E-state index in [4.69, 9.17) is 5.11 Å². The van der Waals surface area contributed by atoms with Crippen molar-refractivity contribution in [3.8, 4) is 0 Å². The van der Waals surface area contributed by atoms with Crippen molar-refractivity contribution in [2.45, 2.75) is 32.7 Å². The monoisotopic (exact) mass is 297 g/mol. The molecule has 0 unspecified atom stereocenters. The lowest BCUT2D eigenvalue weighted by Crippen LogP contribution is -2.28. The molecule has 5 nitrogen and oxygen atoms in total. The van der Waals surface area contributed by atoms with Crippen LogP contribution in [0.15, 0.2) is 11.6 Å². The van der Waals surface area contributed by atoms with Crippen LogP contribution in [0.4, 0.5) is 5.13 Å². The third-order valence-corrected chi connectivity index (χ3v) is 4.45. The second-order valence-electron chi connectivity index (χ2n) is 4.69. The van der Waals surface area contributed by atoms with E-state index in [1.807, 2.05) is 13.1 Å². The Kier molecular flexibility index (Phi) is 3.86. The van der Waals surface area contributed by atoms with Gasteiger partial charge in [-0.15, -0.1) is 22.7 Å². The van der Waals surface area contributed by atoms with Gasteiger partial charge in [-0.2, -0.15) is 0 Å². The topological polar surface area (TPSA) is 75.1 Å². The molecular weight excluding hydrogens is 282 g/mol. The number of hydrogen-bond donors (Lipinski definition) is 2. The molecular formula is C12H15N3O2S2. The van der Waals surface area contributed by atoms with Gasteiger partial charge in [-0.1, -0.05) is 0 Å². The van der Waals surface area contributed by atoms with Gasteiger partial charge in [0.15, 0.2) is 5.13 Å². The van der Waals surface area contributed by atoms with Gasteiger partial charge in [-0.25, -0.2) is 9.97 Å². The van der Waals surface area contributed by atoms with Crippen molar-refractivity contribution in [1.29, 1.82) is 0 Å². The van der Waals surface area contributed by atoms with Crippen molar-refractivity contribution < 1.29 is 9.90 Å². The number of carboxylic acid groups (broad SMARTS) is 1. The molecule has 2 rings (SSSR count). The molecule has 0 saturated heterocycles. The number of aliphatic carboxylic acids is 1. The van der Waals surface area contributed by atoms with Gasteiger partial charge >= 0.3 is 5.97 Å². The highest BCUT2D eigenvalue weighted by Crippen LogP contribution is 2.27. The molecule has 0 aliphatic rings. The minimum absolute atomic E-state index is 0.572. The maximum atomic E-state index is 11.1. The normalized spacial score (nSPS) is 11.5. The standard InChI is InChI=1S/C12H15N3O2S2/c1-7-4-13-9(19-7)5-14-11-15-8(6-18-11)12(2,3)10(16)17/h4,6H,5H2,1-3H3,(H,14,15)(H,16,17). The van der Waals surface area contributed by atoms with E-state index < -0.39 is 11.4 Å². The highest BCUT2D eigenvalue weighted by molar-refractivity contribution is 7.13. The van der Waals surface area contributed by atoms with Gasteiger partial charge in [0.2, 0.25) is 0 Å². The van der Waals surface area contributed by atoms with Crippen LogP contribution >= 0.6 is 22.7 Å². The highest BCUT2D eigenvalue weighted by atomic mass is 32.1. The van der Waals surface area contributed by atoms with Crippen molar-refractivity contribution in [1.82, 2.24) is 9.97 Å². The lowest BCUT2D eigenvalue weighted by molar-refractivity contribution is -0.142. The van der Waals surface area contributed by atoms with Gasteiger partial charge in [-0.05, 0) is 20.8 Å². The molecule has 2 N–H and O–H groups in total. The number of aryl methyl sites for hydroxylation is 1. The number of nitrogens with one attached hydrogen (secondary N) is 1. The Bertz CT molecular complexity index is 589. The lowest BCUT2D eigenvalue weighted by atomic mass is 9.90. The zero-order chi connectivity index (χ0) is 14.0. The fourth-order valence-electron chi connectivity index (χ4n) is 1.39. The lowest BCUT2D eigenvalue weighted by Gasteiger charge is -2.15. The quantitative estimate of drug-likeness (QED) is 0.887. The van der Waals surface area contributed by atoms with Gasteiger partial charge in [0, 0.05) is 16.5 Å². The molecule has 0 aromatic carbocycles. The van der Waals surface area contributed by atoms with Crippen molar-refractivity contribution in [2.24, 2.45) is 0 Å². The number of rotatable bonds is 5. The SMILES string of the molecule is Cc1cnc(CNc2nc(C(C)(C)C(=O)O)cs2)s1. The summed E-state index contributed by atoms with van der Waals surface area (Å²) in [6, 6.07) is 0. The molecule has 0 radical (unpaired) electrons. The van der Waals surface area contributed by atoms with Crippen LogP contribution in [0.5, 0.6) is 0 Å². The molecule has 2 heterocycles. The predicted molar refractivity (Wildman–Crippen MR) is 77.0 cm³/mol. The van der Waals surface area contributed by atoms with Crippen LogP contribution in [-0.2, 0) is 16.8 Å². The second-order valence-corrected chi connectivity index (χ2v) is 6.86. The van der Waals surface area contributed by atoms with Crippen molar-refractivity contribution in [3.05, 3.63) is 27.2 Å². The van der Waals surface area contributed by atoms with Gasteiger partial charge in [0.25, 0.3) is 0 Å². The van der Waals surface area contributed by atoms with Gasteiger partial charge < -0.3 is 10.4 Å². The molecule has 0 spiro atoms. The Labute approximate surface area is 119 Å². The van der Waals surface area contributed by atoms with E-state index in [9.17, 15) is 4.79 Å². The van der Waals surface area contributed by atoms with Gasteiger partial charge in [-0.3, -0.25) is 4.79 Å². The fraction of sp³-hybridized carbons (Fsp3) is 0.417. The average Bonchev–Trinajstić information content (AvgIpc) is 2.95. The van der Waals surface area contributed by atoms with Crippen molar-refractivity contribution in [2.75, 3.05) is 5.32 Å². The Morgan fingerprint density at radius 2 is 2.26 bits per heavy atom. The van der Waals surface area contributed by atoms with Gasteiger partial charge in [0.05, 0.1) is 12.2 Å². The first-order chi connectivity index (χ1) is 8.89. The summed E-state index contributed by atoms with van der Waals surface area (Å²) >= 11 is 3.04. The third-order valence-electron chi connectivity index (χ3n) is 2.74. The number of anilines is 1. The molecule has 102 valence electrons. The number of hydrogen-bond acceptors (Lipinski definition) is 6. The second kappa shape index (κ2) is 5.26. The minimum atomic E-state index is -0.964. The fourth-order valence-corrected chi connectivity index (χ4v) is 2.99. The van der Waals surface area contributed by atoms with E-state index in [2.05, 4.69) is 15.3 Å². The molecule has 0 amide bonds. The Balaban J connectivity index is 2.03. The van der Waals surface area contributed by atoms with Gasteiger partial charge in [0.1, 0.15) is 10.4 Å². The maximum Gasteiger partial charge on any atom is 0.315 e. The molecule has 0 aliphatic carbocycles. The molecule has 2 aromatic heterocycles. The summed E-state index contributed by atoms with van der Waals surface area (Å²) < 4.78 is 0. The number of nitrogens with zero attached hydrogens (tertiary/aromatic N) is 2. The van der Waals surface area contributed by atoms with Crippen LogP contribution in [-0.4, -0.2) is 21.0 Å². The summed E-state index contributed by atoms with van der Waals surface area (Å²) in [5.41, 5.74) is -0.392. The van der Waals surface area contributed by atoms with Crippen molar-refractivity contribution >= 4 is 33.8 Å². The summed E-state index contributed by atoms with van der Waals surface area (Å²) in [5, 5.41) is 15.8. The van der Waals surface area contributed by atoms with E-state index in [1.165, 1.54) is 16.2 Å². The van der Waals surface area contributed by atoms with E-state index in [0.29, 0.717) is 12.2 Å². The summed E-state index contributed by atoms with van der Waals surface area (Å²) in [4.78, 5) is 20.9. The zero-order valence-electron chi connectivity index (χ0n) is 10.9. The summed E-state index contributed by atoms with van der Waals surface area (Å²) in [5.74, 6) is -0.875. The van der Waals surface area contributed by atoms with Crippen LogP contribution in [0.3, 0.4) is 0 Å². The first-order valence-electron chi connectivity index (χ1n) is 5.74. The minimum Gasteiger partial charge on any atom is -0.481 e. The molecule has 0 fully saturated rings. The first kappa shape index (κ1) is 14.0. The molecule has 0 bridgehead atoms. The molecule has 7 heteroatoms. The summed E-state index contributed by atoms with van der Waals surface area (Å²) in [7, 11) is 0. The molecule has 19 heavy (non-hydrogen) atoms. The Hall–Kier alpha value is -1.47. The largest absolute Gasteiger partial charge is 0.481 e. The molecule has 0 aliphatic heterocycles. The zero-order valence-corrected chi connectivity index (χ0v) is 12.6. The first-order valence-corrected chi connectivity index (χ1v) is 7.44. The predicted octanol–water partition coefficient (Wildman–Crippen LogP) is 2.88. The van der Waals surface area contributed by atoms with Crippen LogP contribution in [0.25, 0.3) is 0 Å². The smallest absolute Gasteiger partial charge is 0.315 e. The number of thiazole rings is 2. The number of carbonyl (C=O) groups is 1. The molecule has 2 aromatic rings. The Morgan fingerprint density at radius 3 is 2.84 bits per heavy atom. The van der Waals surface area contributed by atoms with Crippen LogP contribution in [0.1, 0.15) is 29.4 Å². The molecule has 0 saturated carbocycles.